The molecule has 0 aliphatic heterocycles. The van der Waals surface area contributed by atoms with Crippen molar-refractivity contribution in [1.29, 1.82) is 0 Å². The fraction of sp³-hybridized carbons (Fsp3) is 0.130. The molecule has 2 amide bonds. The first-order chi connectivity index (χ1) is 14.0. The number of hydrogen-bond donors (Lipinski definition) is 2. The van der Waals surface area contributed by atoms with Gasteiger partial charge in [-0.2, -0.15) is 0 Å². The van der Waals surface area contributed by atoms with E-state index in [1.165, 1.54) is 0 Å². The number of benzene rings is 3. The van der Waals surface area contributed by atoms with E-state index in [4.69, 9.17) is 9.47 Å². The molecule has 6 heteroatoms. The van der Waals surface area contributed by atoms with E-state index in [9.17, 15) is 9.59 Å². The first-order valence-electron chi connectivity index (χ1n) is 9.01. The lowest BCUT2D eigenvalue weighted by molar-refractivity contribution is 0.101. The van der Waals surface area contributed by atoms with Gasteiger partial charge in [0, 0.05) is 16.8 Å². The van der Waals surface area contributed by atoms with Gasteiger partial charge in [0.15, 0.2) is 0 Å². The van der Waals surface area contributed by atoms with Crippen LogP contribution in [0.1, 0.15) is 26.3 Å². The van der Waals surface area contributed by atoms with E-state index in [1.807, 2.05) is 25.1 Å². The summed E-state index contributed by atoms with van der Waals surface area (Å²) in [4.78, 5) is 24.9. The molecule has 0 saturated carbocycles. The van der Waals surface area contributed by atoms with Gasteiger partial charge in [-0.25, -0.2) is 0 Å². The molecule has 148 valence electrons. The standard InChI is InChI=1S/C23H22N2O4/c1-15-4-13-21(29-3)20(14-15)25-23(27)16-5-9-18(10-6-16)24-22(26)17-7-11-19(28-2)12-8-17/h4-14H,1-3H3,(H,24,26)(H,25,27). The maximum atomic E-state index is 12.5. The Morgan fingerprint density at radius 3 is 1.90 bits per heavy atom. The van der Waals surface area contributed by atoms with Gasteiger partial charge in [0.1, 0.15) is 11.5 Å². The van der Waals surface area contributed by atoms with Crippen LogP contribution < -0.4 is 20.1 Å². The number of anilines is 2. The van der Waals surface area contributed by atoms with Crippen LogP contribution >= 0.6 is 0 Å². The predicted octanol–water partition coefficient (Wildman–Crippen LogP) is 4.52. The fourth-order valence-electron chi connectivity index (χ4n) is 2.76. The molecule has 0 aliphatic carbocycles. The topological polar surface area (TPSA) is 76.7 Å². The lowest BCUT2D eigenvalue weighted by Crippen LogP contribution is -2.14. The van der Waals surface area contributed by atoms with Crippen molar-refractivity contribution in [3.8, 4) is 11.5 Å². The zero-order valence-corrected chi connectivity index (χ0v) is 16.5. The number of ether oxygens (including phenoxy) is 2. The van der Waals surface area contributed by atoms with Crippen LogP contribution in [0.3, 0.4) is 0 Å². The number of nitrogens with one attached hydrogen (secondary N) is 2. The van der Waals surface area contributed by atoms with Crippen molar-refractivity contribution in [2.45, 2.75) is 6.92 Å². The Labute approximate surface area is 169 Å². The molecular weight excluding hydrogens is 368 g/mol. The molecule has 0 unspecified atom stereocenters. The van der Waals surface area contributed by atoms with Crippen LogP contribution in [-0.2, 0) is 0 Å². The lowest BCUT2D eigenvalue weighted by Gasteiger charge is -2.11. The molecule has 0 radical (unpaired) electrons. The minimum atomic E-state index is -0.262. The Balaban J connectivity index is 1.67. The number of rotatable bonds is 6. The Hall–Kier alpha value is -3.80. The van der Waals surface area contributed by atoms with Crippen LogP contribution in [0.4, 0.5) is 11.4 Å². The quantitative estimate of drug-likeness (QED) is 0.649. The maximum Gasteiger partial charge on any atom is 0.255 e. The summed E-state index contributed by atoms with van der Waals surface area (Å²) >= 11 is 0. The van der Waals surface area contributed by atoms with E-state index in [0.29, 0.717) is 34.0 Å². The number of hydrogen-bond acceptors (Lipinski definition) is 4. The molecule has 0 aliphatic rings. The van der Waals surface area contributed by atoms with Crippen LogP contribution in [0.5, 0.6) is 11.5 Å². The SMILES string of the molecule is COc1ccc(C(=O)Nc2ccc(C(=O)Nc3cc(C)ccc3OC)cc2)cc1. The van der Waals surface area contributed by atoms with Gasteiger partial charge < -0.3 is 20.1 Å². The Bertz CT molecular complexity index is 1010. The average molecular weight is 390 g/mol. The summed E-state index contributed by atoms with van der Waals surface area (Å²) in [5.74, 6) is 0.769. The minimum Gasteiger partial charge on any atom is -0.497 e. The van der Waals surface area contributed by atoms with Gasteiger partial charge in [-0.3, -0.25) is 9.59 Å². The molecule has 3 rings (SSSR count). The summed E-state index contributed by atoms with van der Waals surface area (Å²) in [5, 5.41) is 5.66. The third kappa shape index (κ3) is 4.93. The summed E-state index contributed by atoms with van der Waals surface area (Å²) in [6.07, 6.45) is 0. The van der Waals surface area contributed by atoms with Crippen molar-refractivity contribution < 1.29 is 19.1 Å². The van der Waals surface area contributed by atoms with E-state index in [0.717, 1.165) is 5.56 Å². The van der Waals surface area contributed by atoms with Crippen molar-refractivity contribution in [3.05, 3.63) is 83.4 Å². The van der Waals surface area contributed by atoms with Gasteiger partial charge >= 0.3 is 0 Å². The van der Waals surface area contributed by atoms with Crippen LogP contribution in [0.2, 0.25) is 0 Å². The number of carbonyl (C=O) groups excluding carboxylic acids is 2. The first kappa shape index (κ1) is 19.9. The second-order valence-corrected chi connectivity index (χ2v) is 6.42. The second-order valence-electron chi connectivity index (χ2n) is 6.42. The van der Waals surface area contributed by atoms with Crippen LogP contribution in [0, 0.1) is 6.92 Å². The smallest absolute Gasteiger partial charge is 0.255 e. The number of methoxy groups -OCH3 is 2. The van der Waals surface area contributed by atoms with E-state index in [1.54, 1.807) is 62.8 Å². The monoisotopic (exact) mass is 390 g/mol. The van der Waals surface area contributed by atoms with E-state index in [2.05, 4.69) is 10.6 Å². The number of aryl methyl sites for hydroxylation is 1. The summed E-state index contributed by atoms with van der Waals surface area (Å²) in [5.41, 5.74) is 3.19. The Kier molecular flexibility index (Phi) is 6.14. The molecule has 0 saturated heterocycles. The summed E-state index contributed by atoms with van der Waals surface area (Å²) in [7, 11) is 3.13. The fourth-order valence-corrected chi connectivity index (χ4v) is 2.76. The van der Waals surface area contributed by atoms with Crippen molar-refractivity contribution in [2.24, 2.45) is 0 Å². The van der Waals surface area contributed by atoms with Crippen LogP contribution in [0.15, 0.2) is 66.7 Å². The summed E-state index contributed by atoms with van der Waals surface area (Å²) < 4.78 is 10.4. The maximum absolute atomic E-state index is 12.5. The van der Waals surface area contributed by atoms with Crippen molar-refractivity contribution in [1.82, 2.24) is 0 Å². The van der Waals surface area contributed by atoms with Crippen molar-refractivity contribution in [2.75, 3.05) is 24.9 Å². The zero-order valence-electron chi connectivity index (χ0n) is 16.5. The van der Waals surface area contributed by atoms with E-state index < -0.39 is 0 Å². The second kappa shape index (κ2) is 8.93. The van der Waals surface area contributed by atoms with E-state index >= 15 is 0 Å². The van der Waals surface area contributed by atoms with Crippen LogP contribution in [-0.4, -0.2) is 26.0 Å². The van der Waals surface area contributed by atoms with Gasteiger partial charge in [0.25, 0.3) is 11.8 Å². The summed E-state index contributed by atoms with van der Waals surface area (Å²) in [6, 6.07) is 19.1. The predicted molar refractivity (Wildman–Crippen MR) is 113 cm³/mol. The van der Waals surface area contributed by atoms with Crippen LogP contribution in [0.25, 0.3) is 0 Å². The first-order valence-corrected chi connectivity index (χ1v) is 9.01. The highest BCUT2D eigenvalue weighted by molar-refractivity contribution is 6.06. The number of carbonyl (C=O) groups is 2. The molecule has 0 bridgehead atoms. The third-order valence-corrected chi connectivity index (χ3v) is 4.36. The van der Waals surface area contributed by atoms with Crippen molar-refractivity contribution >= 4 is 23.2 Å². The lowest BCUT2D eigenvalue weighted by atomic mass is 10.1. The normalized spacial score (nSPS) is 10.2. The molecule has 6 nitrogen and oxygen atoms in total. The molecule has 29 heavy (non-hydrogen) atoms. The highest BCUT2D eigenvalue weighted by Crippen LogP contribution is 2.26. The zero-order chi connectivity index (χ0) is 20.8. The molecule has 3 aromatic carbocycles. The van der Waals surface area contributed by atoms with Gasteiger partial charge in [0.2, 0.25) is 0 Å². The van der Waals surface area contributed by atoms with Gasteiger partial charge in [-0.05, 0) is 73.2 Å². The molecule has 0 aromatic heterocycles. The minimum absolute atomic E-state index is 0.241. The Morgan fingerprint density at radius 1 is 0.724 bits per heavy atom. The molecule has 0 spiro atoms. The van der Waals surface area contributed by atoms with Gasteiger partial charge in [0.05, 0.1) is 19.9 Å². The van der Waals surface area contributed by atoms with Crippen molar-refractivity contribution in [3.63, 3.8) is 0 Å². The third-order valence-electron chi connectivity index (χ3n) is 4.36. The summed E-state index contributed by atoms with van der Waals surface area (Å²) in [6.45, 7) is 1.94. The Morgan fingerprint density at radius 2 is 1.31 bits per heavy atom. The van der Waals surface area contributed by atoms with Gasteiger partial charge in [-0.1, -0.05) is 6.07 Å². The van der Waals surface area contributed by atoms with E-state index in [-0.39, 0.29) is 11.8 Å². The molecule has 3 aromatic rings. The molecular formula is C23H22N2O4. The molecule has 0 heterocycles. The molecule has 0 atom stereocenters. The highest BCUT2D eigenvalue weighted by Gasteiger charge is 2.11. The number of amides is 2. The highest BCUT2D eigenvalue weighted by atomic mass is 16.5. The van der Waals surface area contributed by atoms with Gasteiger partial charge in [-0.15, -0.1) is 0 Å². The molecule has 2 N–H and O–H groups in total. The molecule has 0 fully saturated rings. The average Bonchev–Trinajstić information content (AvgIpc) is 2.74. The largest absolute Gasteiger partial charge is 0.497 e.